The maximum Gasteiger partial charge on any atom is 0.326 e. The van der Waals surface area contributed by atoms with Gasteiger partial charge in [0.2, 0.25) is 29.5 Å². The molecule has 308 valence electrons. The minimum atomic E-state index is -1.51. The van der Waals surface area contributed by atoms with Gasteiger partial charge in [0.05, 0.1) is 12.8 Å². The van der Waals surface area contributed by atoms with E-state index in [2.05, 4.69) is 31.6 Å². The molecule has 1 aromatic carbocycles. The van der Waals surface area contributed by atoms with Crippen LogP contribution in [0.2, 0.25) is 0 Å². The number of hydrogen-bond donors (Lipinski definition) is 10. The van der Waals surface area contributed by atoms with Crippen LogP contribution in [0.5, 0.6) is 0 Å². The fourth-order valence-corrected chi connectivity index (χ4v) is 6.06. The third-order valence-corrected chi connectivity index (χ3v) is 9.06. The minimum absolute atomic E-state index is 0.00167. The molecule has 17 nitrogen and oxygen atoms in total. The highest BCUT2D eigenvalue weighted by molar-refractivity contribution is 5.94. The van der Waals surface area contributed by atoms with E-state index in [1.165, 1.54) is 0 Å². The van der Waals surface area contributed by atoms with Gasteiger partial charge in [-0.2, -0.15) is 0 Å². The van der Waals surface area contributed by atoms with Gasteiger partial charge in [0.15, 0.2) is 0 Å². The van der Waals surface area contributed by atoms with Gasteiger partial charge >= 0.3 is 5.97 Å². The van der Waals surface area contributed by atoms with Crippen molar-refractivity contribution in [3.63, 3.8) is 0 Å². The quantitative estimate of drug-likeness (QED) is 0.0441. The predicted molar refractivity (Wildman–Crippen MR) is 212 cm³/mol. The Hall–Kier alpha value is -4.58. The standard InChI is InChI=1S/C38H64N10O7/c39-16-4-6-18-42-22-14-35(51)45-21-8-7-19-43-23-15-34(50)44-20-5-1-9-24-48(32(38(54)55)26-33(41)49)37(53)31(13-10-17-40)47-36(52)25-28-27-46-30-12-3-2-11-29(28)30/h2-3,11-12,27,31-32,42-43,46H,1,4-10,13-26,39-40H2,(H2,41,49)(H,44,50)(H,45,51)(H,47,52)(H,54,55)/t31-,32-/m0/s1. The van der Waals surface area contributed by atoms with Crippen molar-refractivity contribution in [2.75, 3.05) is 58.9 Å². The maximum absolute atomic E-state index is 13.9. The molecule has 1 aromatic heterocycles. The van der Waals surface area contributed by atoms with Crippen molar-refractivity contribution in [2.45, 2.75) is 95.6 Å². The van der Waals surface area contributed by atoms with Crippen molar-refractivity contribution >= 4 is 46.4 Å². The van der Waals surface area contributed by atoms with Crippen molar-refractivity contribution < 1.29 is 33.9 Å². The molecule has 0 aliphatic rings. The number of rotatable bonds is 32. The van der Waals surface area contributed by atoms with Gasteiger partial charge in [-0.05, 0) is 95.6 Å². The van der Waals surface area contributed by atoms with Gasteiger partial charge < -0.3 is 58.8 Å². The second-order valence-electron chi connectivity index (χ2n) is 13.6. The van der Waals surface area contributed by atoms with Crippen molar-refractivity contribution in [1.82, 2.24) is 36.5 Å². The molecule has 0 bridgehead atoms. The number of para-hydroxylation sites is 1. The molecule has 0 unspecified atom stereocenters. The van der Waals surface area contributed by atoms with Gasteiger partial charge in [-0.3, -0.25) is 24.0 Å². The van der Waals surface area contributed by atoms with Gasteiger partial charge in [-0.15, -0.1) is 0 Å². The number of nitrogens with one attached hydrogen (secondary N) is 6. The third-order valence-electron chi connectivity index (χ3n) is 9.06. The lowest BCUT2D eigenvalue weighted by Crippen LogP contribution is -2.55. The Balaban J connectivity index is 1.74. The lowest BCUT2D eigenvalue weighted by Gasteiger charge is -2.32. The third kappa shape index (κ3) is 19.5. The molecule has 0 aliphatic carbocycles. The molecule has 13 N–H and O–H groups in total. The Bertz CT molecular complexity index is 1470. The highest BCUT2D eigenvalue weighted by Gasteiger charge is 2.35. The molecule has 2 rings (SSSR count). The van der Waals surface area contributed by atoms with Crippen LogP contribution in [0.1, 0.15) is 82.6 Å². The summed E-state index contributed by atoms with van der Waals surface area (Å²) in [7, 11) is 0. The molecule has 5 amide bonds. The van der Waals surface area contributed by atoms with Crippen LogP contribution in [0, 0.1) is 0 Å². The van der Waals surface area contributed by atoms with Gasteiger partial charge in [0.25, 0.3) is 0 Å². The van der Waals surface area contributed by atoms with Crippen LogP contribution >= 0.6 is 0 Å². The molecule has 0 radical (unpaired) electrons. The Kier molecular flexibility index (Phi) is 23.6. The number of aliphatic carboxylic acids is 1. The normalized spacial score (nSPS) is 12.2. The van der Waals surface area contributed by atoms with Crippen LogP contribution in [0.4, 0.5) is 0 Å². The van der Waals surface area contributed by atoms with E-state index in [1.807, 2.05) is 24.3 Å². The monoisotopic (exact) mass is 772 g/mol. The summed E-state index contributed by atoms with van der Waals surface area (Å²) in [5.74, 6) is -3.37. The molecule has 1 heterocycles. The first-order valence-corrected chi connectivity index (χ1v) is 19.6. The van der Waals surface area contributed by atoms with Gasteiger partial charge in [-0.25, -0.2) is 4.79 Å². The molecule has 0 saturated heterocycles. The molecular weight excluding hydrogens is 708 g/mol. The number of nitrogens with two attached hydrogens (primary N) is 3. The average molecular weight is 773 g/mol. The summed E-state index contributed by atoms with van der Waals surface area (Å²) >= 11 is 0. The number of benzene rings is 1. The maximum atomic E-state index is 13.9. The summed E-state index contributed by atoms with van der Waals surface area (Å²) in [4.78, 5) is 79.6. The summed E-state index contributed by atoms with van der Waals surface area (Å²) in [5.41, 5.74) is 18.2. The second-order valence-corrected chi connectivity index (χ2v) is 13.6. The fourth-order valence-electron chi connectivity index (χ4n) is 6.06. The summed E-state index contributed by atoms with van der Waals surface area (Å²) in [6, 6.07) is 4.96. The Morgan fingerprint density at radius 3 is 1.95 bits per heavy atom. The highest BCUT2D eigenvalue weighted by Crippen LogP contribution is 2.19. The number of carbonyl (C=O) groups is 6. The second kappa shape index (κ2) is 27.9. The van der Waals surface area contributed by atoms with Gasteiger partial charge in [-0.1, -0.05) is 18.2 Å². The number of unbranched alkanes of at least 4 members (excludes halogenated alkanes) is 4. The number of fused-ring (bicyclic) bond motifs is 1. The number of hydrogen-bond acceptors (Lipinski definition) is 10. The number of carboxylic acid groups (broad SMARTS) is 1. The van der Waals surface area contributed by atoms with Gasteiger partial charge in [0.1, 0.15) is 12.1 Å². The first kappa shape index (κ1) is 46.6. The molecule has 0 fully saturated rings. The number of aromatic amines is 1. The molecular formula is C38H64N10O7. The first-order chi connectivity index (χ1) is 26.6. The predicted octanol–water partition coefficient (Wildman–Crippen LogP) is -0.0275. The summed E-state index contributed by atoms with van der Waals surface area (Å²) in [6.45, 7) is 4.72. The van der Waals surface area contributed by atoms with E-state index < -0.39 is 42.2 Å². The zero-order chi connectivity index (χ0) is 40.3. The molecule has 2 aromatic rings. The lowest BCUT2D eigenvalue weighted by molar-refractivity contribution is -0.153. The Labute approximate surface area is 324 Å². The summed E-state index contributed by atoms with van der Waals surface area (Å²) in [5, 5.41) is 25.9. The van der Waals surface area contributed by atoms with E-state index >= 15 is 0 Å². The number of nitrogens with zero attached hydrogens (tertiary/aromatic N) is 1. The number of aromatic nitrogens is 1. The minimum Gasteiger partial charge on any atom is -0.480 e. The molecule has 55 heavy (non-hydrogen) atoms. The van der Waals surface area contributed by atoms with E-state index in [0.717, 1.165) is 60.1 Å². The van der Waals surface area contributed by atoms with Crippen molar-refractivity contribution in [3.05, 3.63) is 36.0 Å². The van der Waals surface area contributed by atoms with E-state index in [0.29, 0.717) is 71.2 Å². The molecule has 0 aliphatic heterocycles. The fraction of sp³-hybridized carbons (Fsp3) is 0.632. The van der Waals surface area contributed by atoms with Crippen LogP contribution in [0.3, 0.4) is 0 Å². The molecule has 17 heteroatoms. The topological polar surface area (TPSA) is 280 Å². The van der Waals surface area contributed by atoms with E-state index in [-0.39, 0.29) is 37.7 Å². The van der Waals surface area contributed by atoms with Crippen LogP contribution < -0.4 is 43.8 Å². The number of carboxylic acids is 1. The van der Waals surface area contributed by atoms with Crippen LogP contribution in [-0.2, 0) is 35.2 Å². The highest BCUT2D eigenvalue weighted by atomic mass is 16.4. The van der Waals surface area contributed by atoms with Crippen LogP contribution in [-0.4, -0.2) is 121 Å². The van der Waals surface area contributed by atoms with Crippen LogP contribution in [0.25, 0.3) is 10.9 Å². The largest absolute Gasteiger partial charge is 0.480 e. The smallest absolute Gasteiger partial charge is 0.326 e. The first-order valence-electron chi connectivity index (χ1n) is 19.6. The zero-order valence-electron chi connectivity index (χ0n) is 32.2. The van der Waals surface area contributed by atoms with E-state index in [4.69, 9.17) is 17.2 Å². The summed E-state index contributed by atoms with van der Waals surface area (Å²) in [6.07, 6.45) is 7.72. The lowest BCUT2D eigenvalue weighted by atomic mass is 10.0. The average Bonchev–Trinajstić information content (AvgIpc) is 3.56. The molecule has 0 saturated carbocycles. The molecule has 0 spiro atoms. The Morgan fingerprint density at radius 1 is 0.727 bits per heavy atom. The van der Waals surface area contributed by atoms with Crippen LogP contribution in [0.15, 0.2) is 30.5 Å². The number of primary amides is 1. The Morgan fingerprint density at radius 2 is 1.33 bits per heavy atom. The summed E-state index contributed by atoms with van der Waals surface area (Å²) < 4.78 is 0. The van der Waals surface area contributed by atoms with Crippen molar-refractivity contribution in [3.8, 4) is 0 Å². The molecule has 2 atom stereocenters. The zero-order valence-corrected chi connectivity index (χ0v) is 32.2. The van der Waals surface area contributed by atoms with Gasteiger partial charge in [0, 0.05) is 62.7 Å². The van der Waals surface area contributed by atoms with Crippen molar-refractivity contribution in [1.29, 1.82) is 0 Å². The number of carbonyl (C=O) groups excluding carboxylic acids is 5. The number of amides is 5. The van der Waals surface area contributed by atoms with E-state index in [9.17, 15) is 33.9 Å². The van der Waals surface area contributed by atoms with Crippen molar-refractivity contribution in [2.24, 2.45) is 17.2 Å². The SMILES string of the molecule is NCCCCNCCC(=O)NCCCCNCCC(=O)NCCCCCN(C(=O)[C@H](CCCN)NC(=O)Cc1c[nH]c2ccccc12)[C@@H](CC(N)=O)C(=O)O. The number of H-pyrrole nitrogens is 1. The van der Waals surface area contributed by atoms with E-state index in [1.54, 1.807) is 6.20 Å².